The van der Waals surface area contributed by atoms with Crippen molar-refractivity contribution in [1.29, 1.82) is 0 Å². The van der Waals surface area contributed by atoms with Crippen LogP contribution in [0.15, 0.2) is 10.9 Å². The van der Waals surface area contributed by atoms with Crippen LogP contribution in [0, 0.1) is 5.92 Å². The third kappa shape index (κ3) is 3.48. The Kier molecular flexibility index (Phi) is 4.97. The molecule has 1 saturated carbocycles. The number of hydrogen-bond acceptors (Lipinski definition) is 3. The molecule has 4 nitrogen and oxygen atoms in total. The Morgan fingerprint density at radius 3 is 2.65 bits per heavy atom. The minimum absolute atomic E-state index is 0.0599. The number of nitrogens with one attached hydrogen (secondary N) is 1. The molecule has 4 heteroatoms. The Bertz CT molecular complexity index is 482. The maximum atomic E-state index is 11.9. The summed E-state index contributed by atoms with van der Waals surface area (Å²) in [6.45, 7) is 6.94. The van der Waals surface area contributed by atoms with Gasteiger partial charge in [-0.3, -0.25) is 4.79 Å². The molecule has 0 radical (unpaired) electrons. The minimum atomic E-state index is -0.376. The lowest BCUT2D eigenvalue weighted by Crippen LogP contribution is -2.36. The van der Waals surface area contributed by atoms with E-state index in [0.717, 1.165) is 43.6 Å². The molecule has 1 fully saturated rings. The molecule has 1 aliphatic carbocycles. The molecule has 20 heavy (non-hydrogen) atoms. The van der Waals surface area contributed by atoms with Crippen molar-refractivity contribution in [1.82, 2.24) is 9.97 Å². The predicted molar refractivity (Wildman–Crippen MR) is 79.8 cm³/mol. The molecule has 1 aliphatic rings. The van der Waals surface area contributed by atoms with Gasteiger partial charge in [0.1, 0.15) is 11.4 Å². The van der Waals surface area contributed by atoms with Crippen molar-refractivity contribution in [2.24, 2.45) is 5.92 Å². The van der Waals surface area contributed by atoms with Gasteiger partial charge in [0.15, 0.2) is 0 Å². The van der Waals surface area contributed by atoms with Gasteiger partial charge in [0, 0.05) is 18.4 Å². The normalized spacial score (nSPS) is 18.4. The summed E-state index contributed by atoms with van der Waals surface area (Å²) in [5, 5.41) is 0. The highest BCUT2D eigenvalue weighted by Crippen LogP contribution is 2.38. The minimum Gasteiger partial charge on any atom is -0.367 e. The lowest BCUT2D eigenvalue weighted by atomic mass is 9.83. The first kappa shape index (κ1) is 15.2. The van der Waals surface area contributed by atoms with E-state index in [1.165, 1.54) is 6.42 Å². The molecular formula is C16H26N2O2. The second kappa shape index (κ2) is 6.53. The lowest BCUT2D eigenvalue weighted by molar-refractivity contribution is -0.0769. The molecule has 0 aromatic carbocycles. The standard InChI is InChI=1S/C16H26N2O2/c1-4-20-16(8-6-5-7-9-16)15-17-13(10-12(2)3)11-14(19)18-15/h11-12H,4-10H2,1-3H3,(H,17,18,19). The Balaban J connectivity index is 2.37. The van der Waals surface area contributed by atoms with Crippen molar-refractivity contribution < 1.29 is 4.74 Å². The van der Waals surface area contributed by atoms with Crippen LogP contribution in [0.5, 0.6) is 0 Å². The summed E-state index contributed by atoms with van der Waals surface area (Å²) in [7, 11) is 0. The van der Waals surface area contributed by atoms with Crippen LogP contribution in [0.25, 0.3) is 0 Å². The van der Waals surface area contributed by atoms with Crippen molar-refractivity contribution >= 4 is 0 Å². The third-order valence-corrected chi connectivity index (χ3v) is 3.93. The van der Waals surface area contributed by atoms with Gasteiger partial charge in [-0.1, -0.05) is 33.1 Å². The summed E-state index contributed by atoms with van der Waals surface area (Å²) in [6.07, 6.45) is 6.25. The van der Waals surface area contributed by atoms with E-state index in [-0.39, 0.29) is 11.2 Å². The average molecular weight is 278 g/mol. The SMILES string of the molecule is CCOC1(c2nc(CC(C)C)cc(=O)[nH]2)CCCCC1. The first-order valence-electron chi connectivity index (χ1n) is 7.80. The van der Waals surface area contributed by atoms with Gasteiger partial charge in [0.25, 0.3) is 5.56 Å². The predicted octanol–water partition coefficient (Wildman–Crippen LogP) is 3.16. The van der Waals surface area contributed by atoms with E-state index >= 15 is 0 Å². The fourth-order valence-corrected chi connectivity index (χ4v) is 3.10. The Morgan fingerprint density at radius 2 is 2.05 bits per heavy atom. The van der Waals surface area contributed by atoms with Crippen molar-refractivity contribution in [2.75, 3.05) is 6.61 Å². The van der Waals surface area contributed by atoms with Gasteiger partial charge in [-0.15, -0.1) is 0 Å². The van der Waals surface area contributed by atoms with E-state index in [1.54, 1.807) is 6.07 Å². The van der Waals surface area contributed by atoms with Crippen LogP contribution in [-0.4, -0.2) is 16.6 Å². The van der Waals surface area contributed by atoms with Crippen molar-refractivity contribution in [3.8, 4) is 0 Å². The van der Waals surface area contributed by atoms with Crippen LogP contribution in [0.1, 0.15) is 64.4 Å². The zero-order chi connectivity index (χ0) is 14.6. The lowest BCUT2D eigenvalue weighted by Gasteiger charge is -2.36. The highest BCUT2D eigenvalue weighted by molar-refractivity contribution is 5.10. The largest absolute Gasteiger partial charge is 0.367 e. The van der Waals surface area contributed by atoms with E-state index in [9.17, 15) is 4.79 Å². The fraction of sp³-hybridized carbons (Fsp3) is 0.750. The highest BCUT2D eigenvalue weighted by atomic mass is 16.5. The third-order valence-electron chi connectivity index (χ3n) is 3.93. The van der Waals surface area contributed by atoms with E-state index < -0.39 is 0 Å². The number of rotatable bonds is 5. The zero-order valence-electron chi connectivity index (χ0n) is 12.9. The van der Waals surface area contributed by atoms with Crippen molar-refractivity contribution in [2.45, 2.75) is 64.9 Å². The molecular weight excluding hydrogens is 252 g/mol. The first-order chi connectivity index (χ1) is 9.55. The van der Waals surface area contributed by atoms with E-state index in [4.69, 9.17) is 9.72 Å². The number of H-pyrrole nitrogens is 1. The molecule has 1 aromatic heterocycles. The first-order valence-corrected chi connectivity index (χ1v) is 7.80. The number of aromatic amines is 1. The quantitative estimate of drug-likeness (QED) is 0.900. The summed E-state index contributed by atoms with van der Waals surface area (Å²) >= 11 is 0. The molecule has 2 rings (SSSR count). The maximum absolute atomic E-state index is 11.9. The zero-order valence-corrected chi connectivity index (χ0v) is 12.9. The van der Waals surface area contributed by atoms with Crippen LogP contribution in [0.3, 0.4) is 0 Å². The van der Waals surface area contributed by atoms with Crippen LogP contribution >= 0.6 is 0 Å². The van der Waals surface area contributed by atoms with E-state index in [0.29, 0.717) is 12.5 Å². The molecule has 112 valence electrons. The smallest absolute Gasteiger partial charge is 0.251 e. The van der Waals surface area contributed by atoms with Gasteiger partial charge in [-0.2, -0.15) is 0 Å². The van der Waals surface area contributed by atoms with E-state index in [2.05, 4.69) is 18.8 Å². The summed E-state index contributed by atoms with van der Waals surface area (Å²) in [4.78, 5) is 19.6. The topological polar surface area (TPSA) is 55.0 Å². The number of nitrogens with zero attached hydrogens (tertiary/aromatic N) is 1. The van der Waals surface area contributed by atoms with Crippen LogP contribution in [-0.2, 0) is 16.8 Å². The molecule has 1 heterocycles. The average Bonchev–Trinajstić information content (AvgIpc) is 2.38. The number of hydrogen-bond donors (Lipinski definition) is 1. The van der Waals surface area contributed by atoms with Gasteiger partial charge in [0.2, 0.25) is 0 Å². The van der Waals surface area contributed by atoms with Gasteiger partial charge in [-0.05, 0) is 32.1 Å². The summed E-state index contributed by atoms with van der Waals surface area (Å²) in [5.74, 6) is 1.23. The van der Waals surface area contributed by atoms with Crippen LogP contribution in [0.4, 0.5) is 0 Å². The molecule has 0 spiro atoms. The molecule has 0 amide bonds. The Morgan fingerprint density at radius 1 is 1.35 bits per heavy atom. The summed E-state index contributed by atoms with van der Waals surface area (Å²) in [6, 6.07) is 1.62. The maximum Gasteiger partial charge on any atom is 0.251 e. The van der Waals surface area contributed by atoms with Gasteiger partial charge < -0.3 is 9.72 Å². The highest BCUT2D eigenvalue weighted by Gasteiger charge is 2.37. The van der Waals surface area contributed by atoms with E-state index in [1.807, 2.05) is 6.92 Å². The second-order valence-corrected chi connectivity index (χ2v) is 6.17. The number of aromatic nitrogens is 2. The number of ether oxygens (including phenoxy) is 1. The van der Waals surface area contributed by atoms with Crippen LogP contribution in [0.2, 0.25) is 0 Å². The Labute approximate surface area is 121 Å². The van der Waals surface area contributed by atoms with Crippen molar-refractivity contribution in [3.63, 3.8) is 0 Å². The monoisotopic (exact) mass is 278 g/mol. The van der Waals surface area contributed by atoms with Gasteiger partial charge in [0.05, 0.1) is 0 Å². The summed E-state index contributed by atoms with van der Waals surface area (Å²) < 4.78 is 6.04. The summed E-state index contributed by atoms with van der Waals surface area (Å²) in [5.41, 5.74) is 0.442. The Hall–Kier alpha value is -1.16. The molecule has 1 aromatic rings. The molecule has 0 unspecified atom stereocenters. The second-order valence-electron chi connectivity index (χ2n) is 6.17. The van der Waals surface area contributed by atoms with Gasteiger partial charge in [-0.25, -0.2) is 4.98 Å². The molecule has 0 aliphatic heterocycles. The van der Waals surface area contributed by atoms with Crippen molar-refractivity contribution in [3.05, 3.63) is 27.9 Å². The fourth-order valence-electron chi connectivity index (χ4n) is 3.10. The molecule has 0 bridgehead atoms. The molecule has 1 N–H and O–H groups in total. The molecule has 0 saturated heterocycles. The van der Waals surface area contributed by atoms with Gasteiger partial charge >= 0.3 is 0 Å². The van der Waals surface area contributed by atoms with Crippen LogP contribution < -0.4 is 5.56 Å². The molecule has 0 atom stereocenters.